The number of anilines is 1. The van der Waals surface area contributed by atoms with E-state index in [2.05, 4.69) is 26.1 Å². The third kappa shape index (κ3) is 4.91. The Morgan fingerprint density at radius 3 is 2.38 bits per heavy atom. The largest absolute Gasteiger partial charge is 0.351 e. The van der Waals surface area contributed by atoms with Crippen LogP contribution >= 0.6 is 22.9 Å². The maximum Gasteiger partial charge on any atom is 0.264 e. The predicted octanol–water partition coefficient (Wildman–Crippen LogP) is 5.16. The van der Waals surface area contributed by atoms with Crippen LogP contribution in [0.2, 0.25) is 5.02 Å². The summed E-state index contributed by atoms with van der Waals surface area (Å²) >= 11 is 7.25. The topological polar surface area (TPSA) is 66.5 Å². The minimum absolute atomic E-state index is 0.00174. The highest BCUT2D eigenvalue weighted by Crippen LogP contribution is 2.31. The van der Waals surface area contributed by atoms with Gasteiger partial charge in [0.15, 0.2) is 0 Å². The number of hydrogen-bond donors (Lipinski definition) is 1. The summed E-state index contributed by atoms with van der Waals surface area (Å²) in [4.78, 5) is 13.2. The number of thiophene rings is 1. The van der Waals surface area contributed by atoms with E-state index in [1.54, 1.807) is 30.3 Å². The average molecular weight is 451 g/mol. The third-order valence-corrected chi connectivity index (χ3v) is 7.51. The van der Waals surface area contributed by atoms with Gasteiger partial charge < -0.3 is 5.32 Å². The fourth-order valence-corrected chi connectivity index (χ4v) is 4.95. The first kappa shape index (κ1) is 21.6. The van der Waals surface area contributed by atoms with Gasteiger partial charge in [-0.05, 0) is 59.3 Å². The molecular formula is C21H23ClN2O3S2. The lowest BCUT2D eigenvalue weighted by molar-refractivity contribution is 0.0943. The highest BCUT2D eigenvalue weighted by atomic mass is 35.5. The van der Waals surface area contributed by atoms with Crippen LogP contribution in [0.4, 0.5) is 5.69 Å². The maximum atomic E-state index is 12.9. The number of carbonyl (C=O) groups is 1. The zero-order chi connectivity index (χ0) is 21.4. The quantitative estimate of drug-likeness (QED) is 0.584. The van der Waals surface area contributed by atoms with E-state index in [9.17, 15) is 13.2 Å². The average Bonchev–Trinajstić information content (AvgIpc) is 3.08. The molecule has 3 aromatic rings. The number of rotatable bonds is 5. The molecule has 0 atom stereocenters. The number of benzene rings is 2. The van der Waals surface area contributed by atoms with Crippen molar-refractivity contribution in [2.45, 2.75) is 25.7 Å². The molecule has 0 saturated heterocycles. The molecule has 0 radical (unpaired) electrons. The molecule has 2 aromatic carbocycles. The molecule has 1 amide bonds. The molecule has 0 aliphatic carbocycles. The lowest BCUT2D eigenvalue weighted by atomic mass is 9.97. The van der Waals surface area contributed by atoms with Gasteiger partial charge in [0.1, 0.15) is 0 Å². The van der Waals surface area contributed by atoms with Gasteiger partial charge in [-0.25, -0.2) is 8.42 Å². The van der Waals surface area contributed by atoms with E-state index in [-0.39, 0.29) is 16.2 Å². The number of carbonyl (C=O) groups excluding carboxylic acids is 1. The van der Waals surface area contributed by atoms with Crippen molar-refractivity contribution in [3.05, 3.63) is 58.4 Å². The first-order chi connectivity index (χ1) is 13.5. The molecule has 0 unspecified atom stereocenters. The summed E-state index contributed by atoms with van der Waals surface area (Å²) < 4.78 is 27.9. The molecule has 0 spiro atoms. The Morgan fingerprint density at radius 1 is 1.10 bits per heavy atom. The Hall–Kier alpha value is -2.09. The number of fused-ring (bicyclic) bond motifs is 1. The fraction of sp³-hybridized carbons (Fsp3) is 0.286. The lowest BCUT2D eigenvalue weighted by Crippen LogP contribution is -2.31. The number of amides is 1. The Labute approximate surface area is 180 Å². The van der Waals surface area contributed by atoms with Gasteiger partial charge in [-0.3, -0.25) is 9.10 Å². The third-order valence-electron chi connectivity index (χ3n) is 4.34. The second kappa shape index (κ2) is 7.97. The predicted molar refractivity (Wildman–Crippen MR) is 121 cm³/mol. The van der Waals surface area contributed by atoms with Crippen molar-refractivity contribution in [1.29, 1.82) is 0 Å². The van der Waals surface area contributed by atoms with Gasteiger partial charge in [0.2, 0.25) is 0 Å². The first-order valence-electron chi connectivity index (χ1n) is 9.04. The molecule has 0 aliphatic heterocycles. The molecule has 1 N–H and O–H groups in total. The van der Waals surface area contributed by atoms with E-state index in [1.807, 2.05) is 6.07 Å². The zero-order valence-corrected chi connectivity index (χ0v) is 19.1. The molecule has 154 valence electrons. The molecule has 5 nitrogen and oxygen atoms in total. The van der Waals surface area contributed by atoms with Crippen molar-refractivity contribution in [3.63, 3.8) is 0 Å². The van der Waals surface area contributed by atoms with Gasteiger partial charge in [-0.15, -0.1) is 11.3 Å². The summed E-state index contributed by atoms with van der Waals surface area (Å²) in [5.41, 5.74) is 0.519. The lowest BCUT2D eigenvalue weighted by Gasteiger charge is -2.19. The van der Waals surface area contributed by atoms with E-state index in [4.69, 9.17) is 11.6 Å². The van der Waals surface area contributed by atoms with E-state index >= 15 is 0 Å². The van der Waals surface area contributed by atoms with Crippen LogP contribution in [-0.2, 0) is 10.0 Å². The summed E-state index contributed by atoms with van der Waals surface area (Å²) in [6, 6.07) is 13.2. The van der Waals surface area contributed by atoms with Gasteiger partial charge >= 0.3 is 0 Å². The number of hydrogen-bond acceptors (Lipinski definition) is 4. The normalized spacial score (nSPS) is 12.2. The van der Waals surface area contributed by atoms with Gasteiger partial charge in [0, 0.05) is 23.3 Å². The Balaban J connectivity index is 1.87. The summed E-state index contributed by atoms with van der Waals surface area (Å²) in [7, 11) is -2.20. The van der Waals surface area contributed by atoms with Crippen LogP contribution in [0, 0.1) is 5.41 Å². The molecule has 3 rings (SSSR count). The Morgan fingerprint density at radius 2 is 1.76 bits per heavy atom. The molecule has 1 aromatic heterocycles. The number of sulfonamides is 1. The van der Waals surface area contributed by atoms with Crippen molar-refractivity contribution in [2.24, 2.45) is 5.41 Å². The Bertz CT molecular complexity index is 1150. The second-order valence-electron chi connectivity index (χ2n) is 8.00. The maximum absolute atomic E-state index is 12.9. The molecule has 0 aliphatic rings. The monoisotopic (exact) mass is 450 g/mol. The zero-order valence-electron chi connectivity index (χ0n) is 16.7. The van der Waals surface area contributed by atoms with Crippen molar-refractivity contribution < 1.29 is 13.2 Å². The highest BCUT2D eigenvalue weighted by molar-refractivity contribution is 7.92. The van der Waals surface area contributed by atoms with Gasteiger partial charge in [-0.1, -0.05) is 32.4 Å². The number of nitrogens with one attached hydrogen (secondary N) is 1. The molecule has 8 heteroatoms. The minimum Gasteiger partial charge on any atom is -0.351 e. The molecule has 1 heterocycles. The van der Waals surface area contributed by atoms with Gasteiger partial charge in [0.25, 0.3) is 15.9 Å². The number of nitrogens with zero attached hydrogens (tertiary/aromatic N) is 1. The van der Waals surface area contributed by atoms with Crippen LogP contribution in [0.15, 0.2) is 53.4 Å². The van der Waals surface area contributed by atoms with E-state index in [0.29, 0.717) is 22.1 Å². The van der Waals surface area contributed by atoms with Gasteiger partial charge in [-0.2, -0.15) is 0 Å². The van der Waals surface area contributed by atoms with Crippen molar-refractivity contribution in [1.82, 2.24) is 5.32 Å². The summed E-state index contributed by atoms with van der Waals surface area (Å²) in [5, 5.41) is 4.24. The molecule has 0 saturated carbocycles. The second-order valence-corrected chi connectivity index (χ2v) is 11.5. The van der Waals surface area contributed by atoms with Crippen molar-refractivity contribution in [3.8, 4) is 0 Å². The highest BCUT2D eigenvalue weighted by Gasteiger charge is 2.22. The first-order valence-corrected chi connectivity index (χ1v) is 11.7. The molecular weight excluding hydrogens is 428 g/mol. The van der Waals surface area contributed by atoms with Gasteiger partial charge in [0.05, 0.1) is 15.5 Å². The van der Waals surface area contributed by atoms with Crippen molar-refractivity contribution in [2.75, 3.05) is 17.9 Å². The number of halogens is 1. The Kier molecular flexibility index (Phi) is 5.94. The summed E-state index contributed by atoms with van der Waals surface area (Å²) in [6.07, 6.45) is 0. The van der Waals surface area contributed by atoms with Crippen LogP contribution < -0.4 is 9.62 Å². The van der Waals surface area contributed by atoms with Crippen LogP contribution in [0.25, 0.3) is 10.1 Å². The summed E-state index contributed by atoms with van der Waals surface area (Å²) in [6.45, 7) is 6.75. The minimum atomic E-state index is -3.71. The molecule has 0 bridgehead atoms. The van der Waals surface area contributed by atoms with Crippen LogP contribution in [-0.4, -0.2) is 27.9 Å². The molecule has 29 heavy (non-hydrogen) atoms. The van der Waals surface area contributed by atoms with E-state index in [0.717, 1.165) is 10.1 Å². The van der Waals surface area contributed by atoms with Crippen LogP contribution in [0.5, 0.6) is 0 Å². The van der Waals surface area contributed by atoms with E-state index < -0.39 is 10.0 Å². The van der Waals surface area contributed by atoms with Crippen molar-refractivity contribution >= 4 is 54.6 Å². The summed E-state index contributed by atoms with van der Waals surface area (Å²) in [5.74, 6) is -0.121. The smallest absolute Gasteiger partial charge is 0.264 e. The fourth-order valence-electron chi connectivity index (χ4n) is 2.67. The molecule has 0 fully saturated rings. The van der Waals surface area contributed by atoms with E-state index in [1.165, 1.54) is 34.8 Å². The van der Waals surface area contributed by atoms with Crippen LogP contribution in [0.3, 0.4) is 0 Å². The standard InChI is InChI=1S/C21H23ClN2O3S2/c1-21(2,3)13-23-20(25)19-12-14-11-16(7-10-18(14)28-19)24(4)29(26,27)17-8-5-15(22)6-9-17/h5-12H,13H2,1-4H3,(H,23,25). The SMILES string of the molecule is CN(c1ccc2sc(C(=O)NCC(C)(C)C)cc2c1)S(=O)(=O)c1ccc(Cl)cc1. The van der Waals surface area contributed by atoms with Crippen LogP contribution in [0.1, 0.15) is 30.4 Å².